The summed E-state index contributed by atoms with van der Waals surface area (Å²) >= 11 is 1.66. The van der Waals surface area contributed by atoms with Crippen molar-refractivity contribution in [3.63, 3.8) is 0 Å². The summed E-state index contributed by atoms with van der Waals surface area (Å²) in [6, 6.07) is 1.72. The van der Waals surface area contributed by atoms with Gasteiger partial charge in [0.1, 0.15) is 6.04 Å². The van der Waals surface area contributed by atoms with Crippen LogP contribution < -0.4 is 0 Å². The highest BCUT2D eigenvalue weighted by Crippen LogP contribution is 2.37. The van der Waals surface area contributed by atoms with Crippen molar-refractivity contribution in [3.05, 3.63) is 22.4 Å². The van der Waals surface area contributed by atoms with Gasteiger partial charge < -0.3 is 10.2 Å². The molecule has 0 amide bonds. The summed E-state index contributed by atoms with van der Waals surface area (Å²) in [5.41, 5.74) is 1.24. The number of hydrogen-bond donors (Lipinski definition) is 2. The molecule has 0 aromatic carbocycles. The van der Waals surface area contributed by atoms with Gasteiger partial charge in [-0.1, -0.05) is 19.3 Å². The third-order valence-corrected chi connectivity index (χ3v) is 5.88. The van der Waals surface area contributed by atoms with Crippen molar-refractivity contribution < 1.29 is 15.0 Å². The minimum atomic E-state index is -0.704. The lowest BCUT2D eigenvalue weighted by Crippen LogP contribution is -2.42. The lowest BCUT2D eigenvalue weighted by Gasteiger charge is -2.32. The largest absolute Gasteiger partial charge is 0.480 e. The zero-order valence-electron chi connectivity index (χ0n) is 12.1. The molecule has 1 aliphatic carbocycles. The number of carbonyl (C=O) groups is 1. The first-order valence-corrected chi connectivity index (χ1v) is 8.73. The summed E-state index contributed by atoms with van der Waals surface area (Å²) in [6.07, 6.45) is 4.36. The van der Waals surface area contributed by atoms with Crippen molar-refractivity contribution in [2.24, 2.45) is 11.8 Å². The second-order valence-corrected chi connectivity index (χ2v) is 7.23. The summed E-state index contributed by atoms with van der Waals surface area (Å²) in [4.78, 5) is 13.7. The number of rotatable bonds is 6. The predicted molar refractivity (Wildman–Crippen MR) is 82.6 cm³/mol. The van der Waals surface area contributed by atoms with Crippen LogP contribution in [0.25, 0.3) is 0 Å². The van der Waals surface area contributed by atoms with Crippen LogP contribution in [0.4, 0.5) is 0 Å². The molecule has 2 aliphatic rings. The molecule has 0 spiro atoms. The van der Waals surface area contributed by atoms with E-state index < -0.39 is 5.97 Å². The van der Waals surface area contributed by atoms with Gasteiger partial charge in [0.15, 0.2) is 0 Å². The molecule has 2 heterocycles. The molecule has 2 unspecified atom stereocenters. The Bertz CT molecular complexity index is 472. The Kier molecular flexibility index (Phi) is 4.62. The van der Waals surface area contributed by atoms with Crippen molar-refractivity contribution in [2.75, 3.05) is 19.7 Å². The SMILES string of the molecule is O=C(O)[C@@H](CC1CCC1)N1CC(CO)C(c2ccsc2)C1. The number of thiophene rings is 1. The van der Waals surface area contributed by atoms with E-state index in [0.717, 1.165) is 13.0 Å². The van der Waals surface area contributed by atoms with Gasteiger partial charge in [-0.05, 0) is 34.7 Å². The molecule has 1 aliphatic heterocycles. The van der Waals surface area contributed by atoms with Crippen LogP contribution in [-0.4, -0.2) is 46.8 Å². The Labute approximate surface area is 129 Å². The van der Waals surface area contributed by atoms with Crippen LogP contribution in [-0.2, 0) is 4.79 Å². The molecule has 1 saturated carbocycles. The summed E-state index contributed by atoms with van der Waals surface area (Å²) in [5.74, 6) is 0.302. The van der Waals surface area contributed by atoms with Gasteiger partial charge in [-0.15, -0.1) is 0 Å². The average Bonchev–Trinajstić information content (AvgIpc) is 3.05. The molecule has 0 bridgehead atoms. The fraction of sp³-hybridized carbons (Fsp3) is 0.688. The normalized spacial score (nSPS) is 28.4. The maximum atomic E-state index is 11.6. The molecule has 116 valence electrons. The molecule has 3 rings (SSSR count). The maximum Gasteiger partial charge on any atom is 0.320 e. The Morgan fingerprint density at radius 1 is 1.43 bits per heavy atom. The zero-order valence-corrected chi connectivity index (χ0v) is 13.0. The Hall–Kier alpha value is -0.910. The third kappa shape index (κ3) is 3.15. The molecule has 2 N–H and O–H groups in total. The van der Waals surface area contributed by atoms with Crippen molar-refractivity contribution in [2.45, 2.75) is 37.6 Å². The van der Waals surface area contributed by atoms with E-state index >= 15 is 0 Å². The van der Waals surface area contributed by atoms with Crippen LogP contribution in [0.5, 0.6) is 0 Å². The summed E-state index contributed by atoms with van der Waals surface area (Å²) in [7, 11) is 0. The minimum absolute atomic E-state index is 0.132. The van der Waals surface area contributed by atoms with Crippen LogP contribution in [0.2, 0.25) is 0 Å². The van der Waals surface area contributed by atoms with Crippen LogP contribution in [0, 0.1) is 11.8 Å². The highest BCUT2D eigenvalue weighted by molar-refractivity contribution is 7.07. The maximum absolute atomic E-state index is 11.6. The molecule has 1 aromatic heterocycles. The molecular weight excluding hydrogens is 286 g/mol. The van der Waals surface area contributed by atoms with Crippen molar-refractivity contribution in [1.29, 1.82) is 0 Å². The number of aliphatic carboxylic acids is 1. The van der Waals surface area contributed by atoms with Crippen molar-refractivity contribution in [1.82, 2.24) is 4.90 Å². The second kappa shape index (κ2) is 6.46. The van der Waals surface area contributed by atoms with E-state index in [1.807, 2.05) is 0 Å². The highest BCUT2D eigenvalue weighted by Gasteiger charge is 2.40. The second-order valence-electron chi connectivity index (χ2n) is 6.45. The average molecular weight is 309 g/mol. The first kappa shape index (κ1) is 15.0. The predicted octanol–water partition coefficient (Wildman–Crippen LogP) is 2.40. The van der Waals surface area contributed by atoms with E-state index in [-0.39, 0.29) is 24.5 Å². The topological polar surface area (TPSA) is 60.8 Å². The summed E-state index contributed by atoms with van der Waals surface area (Å²) < 4.78 is 0. The minimum Gasteiger partial charge on any atom is -0.480 e. The number of nitrogens with zero attached hydrogens (tertiary/aromatic N) is 1. The van der Waals surface area contributed by atoms with Crippen LogP contribution in [0.1, 0.15) is 37.2 Å². The Morgan fingerprint density at radius 3 is 2.76 bits per heavy atom. The zero-order chi connectivity index (χ0) is 14.8. The van der Waals surface area contributed by atoms with Crippen molar-refractivity contribution in [3.8, 4) is 0 Å². The number of hydrogen-bond acceptors (Lipinski definition) is 4. The van der Waals surface area contributed by atoms with Gasteiger partial charge in [0, 0.05) is 31.5 Å². The third-order valence-electron chi connectivity index (χ3n) is 5.18. The van der Waals surface area contributed by atoms with E-state index in [2.05, 4.69) is 21.7 Å². The van der Waals surface area contributed by atoms with Gasteiger partial charge in [0.05, 0.1) is 0 Å². The molecule has 0 radical (unpaired) electrons. The summed E-state index contributed by atoms with van der Waals surface area (Å²) in [5, 5.41) is 23.4. The first-order chi connectivity index (χ1) is 10.2. The quantitative estimate of drug-likeness (QED) is 0.847. The Balaban J connectivity index is 1.70. The number of aliphatic hydroxyl groups is 1. The van der Waals surface area contributed by atoms with E-state index in [9.17, 15) is 15.0 Å². The fourth-order valence-electron chi connectivity index (χ4n) is 3.66. The molecule has 4 nitrogen and oxygen atoms in total. The molecule has 1 aromatic rings. The van der Waals surface area contributed by atoms with Gasteiger partial charge in [-0.2, -0.15) is 11.3 Å². The number of aliphatic hydroxyl groups excluding tert-OH is 1. The van der Waals surface area contributed by atoms with Gasteiger partial charge in [-0.25, -0.2) is 0 Å². The van der Waals surface area contributed by atoms with Gasteiger partial charge in [-0.3, -0.25) is 9.69 Å². The molecule has 3 atom stereocenters. The lowest BCUT2D eigenvalue weighted by molar-refractivity contribution is -0.144. The number of carboxylic acids is 1. The van der Waals surface area contributed by atoms with E-state index in [1.54, 1.807) is 11.3 Å². The van der Waals surface area contributed by atoms with Crippen molar-refractivity contribution >= 4 is 17.3 Å². The van der Waals surface area contributed by atoms with E-state index in [0.29, 0.717) is 12.5 Å². The van der Waals surface area contributed by atoms with E-state index in [4.69, 9.17) is 0 Å². The Morgan fingerprint density at radius 2 is 2.24 bits per heavy atom. The summed E-state index contributed by atoms with van der Waals surface area (Å²) in [6.45, 7) is 1.58. The molecule has 5 heteroatoms. The fourth-order valence-corrected chi connectivity index (χ4v) is 4.38. The monoisotopic (exact) mass is 309 g/mol. The lowest BCUT2D eigenvalue weighted by atomic mass is 9.80. The standard InChI is InChI=1S/C16H23NO3S/c18-9-13-7-17(8-14(13)12-4-5-21-10-12)15(16(19)20)6-11-2-1-3-11/h4-5,10-11,13-15,18H,1-3,6-9H2,(H,19,20)/t13?,14?,15-/m1/s1. The van der Waals surface area contributed by atoms with Gasteiger partial charge in [0.25, 0.3) is 0 Å². The molecular formula is C16H23NO3S. The van der Waals surface area contributed by atoms with Crippen LogP contribution in [0.3, 0.4) is 0 Å². The smallest absolute Gasteiger partial charge is 0.320 e. The highest BCUT2D eigenvalue weighted by atomic mass is 32.1. The first-order valence-electron chi connectivity index (χ1n) is 7.79. The molecule has 1 saturated heterocycles. The van der Waals surface area contributed by atoms with Crippen LogP contribution in [0.15, 0.2) is 16.8 Å². The van der Waals surface area contributed by atoms with E-state index in [1.165, 1.54) is 24.8 Å². The molecule has 21 heavy (non-hydrogen) atoms. The molecule has 2 fully saturated rings. The van der Waals surface area contributed by atoms with Gasteiger partial charge >= 0.3 is 5.97 Å². The number of carboxylic acid groups (broad SMARTS) is 1. The number of likely N-dealkylation sites (tertiary alicyclic amines) is 1. The van der Waals surface area contributed by atoms with Crippen LogP contribution >= 0.6 is 11.3 Å². The van der Waals surface area contributed by atoms with Gasteiger partial charge in [0.2, 0.25) is 0 Å².